The van der Waals surface area contributed by atoms with Crippen LogP contribution in [0.15, 0.2) is 42.6 Å². The number of aromatic nitrogens is 3. The van der Waals surface area contributed by atoms with Crippen LogP contribution < -0.4 is 20.5 Å². The number of hydrogen-bond acceptors (Lipinski definition) is 7. The van der Waals surface area contributed by atoms with Crippen molar-refractivity contribution in [2.75, 3.05) is 20.3 Å². The number of fused-ring (bicyclic) bond motifs is 2. The van der Waals surface area contributed by atoms with Crippen molar-refractivity contribution in [3.8, 4) is 22.8 Å². The number of nitrogens with one attached hydrogen (secondary N) is 1. The van der Waals surface area contributed by atoms with Gasteiger partial charge in [0, 0.05) is 28.3 Å². The summed E-state index contributed by atoms with van der Waals surface area (Å²) in [5.74, 6) is -2.78. The molecule has 12 heteroatoms. The zero-order valence-electron chi connectivity index (χ0n) is 24.2. The Kier molecular flexibility index (Phi) is 6.40. The molecule has 10 nitrogen and oxygen atoms in total. The minimum atomic E-state index is -1.65. The van der Waals surface area contributed by atoms with E-state index in [9.17, 15) is 23.5 Å². The number of hydrogen-bond donors (Lipinski definition) is 3. The average molecular weight is 604 g/mol. The van der Waals surface area contributed by atoms with Gasteiger partial charge in [0.2, 0.25) is 5.91 Å². The lowest BCUT2D eigenvalue weighted by Crippen LogP contribution is -2.44. The predicted octanol–water partition coefficient (Wildman–Crippen LogP) is 3.88. The number of amides is 2. The quantitative estimate of drug-likeness (QED) is 0.264. The van der Waals surface area contributed by atoms with Gasteiger partial charge < -0.3 is 25.6 Å². The van der Waals surface area contributed by atoms with Crippen molar-refractivity contribution in [3.05, 3.63) is 71.1 Å². The number of rotatable bonds is 9. The monoisotopic (exact) mass is 603 g/mol. The molecule has 3 heterocycles. The highest BCUT2D eigenvalue weighted by atomic mass is 19.2. The zero-order chi connectivity index (χ0) is 31.0. The average Bonchev–Trinajstić information content (AvgIpc) is 3.96. The molecule has 2 saturated carbocycles. The van der Waals surface area contributed by atoms with E-state index >= 15 is 0 Å². The van der Waals surface area contributed by atoms with E-state index in [2.05, 4.69) is 15.4 Å². The van der Waals surface area contributed by atoms with Gasteiger partial charge in [-0.1, -0.05) is 0 Å². The fourth-order valence-corrected chi connectivity index (χ4v) is 5.90. The molecular weight excluding hydrogens is 572 g/mol. The molecule has 2 atom stereocenters. The molecule has 1 aliphatic heterocycles. The first kappa shape index (κ1) is 28.2. The van der Waals surface area contributed by atoms with Gasteiger partial charge in [0.25, 0.3) is 5.91 Å². The first-order valence-corrected chi connectivity index (χ1v) is 14.5. The Hall–Kier alpha value is -4.58. The predicted molar refractivity (Wildman–Crippen MR) is 155 cm³/mol. The molecule has 7 rings (SSSR count). The number of benzene rings is 2. The van der Waals surface area contributed by atoms with E-state index in [0.717, 1.165) is 30.4 Å². The van der Waals surface area contributed by atoms with Crippen LogP contribution in [0.3, 0.4) is 0 Å². The maximum Gasteiger partial charge on any atom is 0.251 e. The highest BCUT2D eigenvalue weighted by molar-refractivity contribution is 6.00. The maximum absolute atomic E-state index is 14.3. The molecule has 0 saturated heterocycles. The lowest BCUT2D eigenvalue weighted by molar-refractivity contribution is -0.123. The maximum atomic E-state index is 14.3. The normalized spacial score (nSPS) is 20.6. The van der Waals surface area contributed by atoms with Gasteiger partial charge in [0.1, 0.15) is 40.3 Å². The Labute approximate surface area is 251 Å². The number of halogens is 2. The molecule has 0 spiro atoms. The number of ether oxygens (including phenoxy) is 2. The van der Waals surface area contributed by atoms with Gasteiger partial charge in [-0.2, -0.15) is 5.10 Å². The van der Waals surface area contributed by atoms with Crippen LogP contribution in [-0.4, -0.2) is 51.9 Å². The van der Waals surface area contributed by atoms with Crippen molar-refractivity contribution in [1.29, 1.82) is 0 Å². The summed E-state index contributed by atoms with van der Waals surface area (Å²) in [6.45, 7) is 1.34. The van der Waals surface area contributed by atoms with Crippen LogP contribution >= 0.6 is 0 Å². The molecule has 0 bridgehead atoms. The van der Waals surface area contributed by atoms with Crippen molar-refractivity contribution in [2.45, 2.75) is 49.7 Å². The Morgan fingerprint density at radius 1 is 1.18 bits per heavy atom. The van der Waals surface area contributed by atoms with E-state index in [1.165, 1.54) is 13.2 Å². The highest BCUT2D eigenvalue weighted by Crippen LogP contribution is 2.50. The topological polar surface area (TPSA) is 142 Å². The molecule has 228 valence electrons. The number of pyridine rings is 1. The van der Waals surface area contributed by atoms with E-state index in [0.29, 0.717) is 41.3 Å². The van der Waals surface area contributed by atoms with Crippen molar-refractivity contribution in [3.63, 3.8) is 0 Å². The number of nitrogens with zero attached hydrogens (tertiary/aromatic N) is 3. The van der Waals surface area contributed by atoms with Crippen LogP contribution in [0.4, 0.5) is 8.78 Å². The molecule has 2 fully saturated rings. The third-order valence-corrected chi connectivity index (χ3v) is 9.02. The summed E-state index contributed by atoms with van der Waals surface area (Å²) in [6.07, 6.45) is 5.37. The summed E-state index contributed by atoms with van der Waals surface area (Å²) in [6, 6.07) is 8.58. The Morgan fingerprint density at radius 2 is 1.95 bits per heavy atom. The molecule has 2 aliphatic carbocycles. The number of primary amides is 1. The fourth-order valence-electron chi connectivity index (χ4n) is 5.90. The minimum Gasteiger partial charge on any atom is -0.494 e. The molecule has 1 unspecified atom stereocenters. The lowest BCUT2D eigenvalue weighted by Gasteiger charge is -2.30. The molecule has 4 aromatic rings. The van der Waals surface area contributed by atoms with Crippen LogP contribution in [0, 0.1) is 17.6 Å². The van der Waals surface area contributed by atoms with Gasteiger partial charge in [-0.25, -0.2) is 13.8 Å². The van der Waals surface area contributed by atoms with Gasteiger partial charge in [-0.15, -0.1) is 0 Å². The molecule has 3 aliphatic rings. The molecule has 0 radical (unpaired) electrons. The Morgan fingerprint density at radius 3 is 2.61 bits per heavy atom. The third-order valence-electron chi connectivity index (χ3n) is 9.02. The second-order valence-corrected chi connectivity index (χ2v) is 12.2. The Balaban J connectivity index is 1.26. The molecule has 44 heavy (non-hydrogen) atoms. The van der Waals surface area contributed by atoms with E-state index < -0.39 is 34.5 Å². The van der Waals surface area contributed by atoms with E-state index in [1.807, 2.05) is 10.9 Å². The van der Waals surface area contributed by atoms with Crippen molar-refractivity contribution < 1.29 is 33.0 Å². The van der Waals surface area contributed by atoms with Crippen molar-refractivity contribution in [1.82, 2.24) is 20.1 Å². The summed E-state index contributed by atoms with van der Waals surface area (Å²) in [7, 11) is 1.52. The van der Waals surface area contributed by atoms with Crippen LogP contribution in [0.25, 0.3) is 22.2 Å². The second kappa shape index (κ2) is 9.98. The number of nitrogens with two attached hydrogens (primary N) is 1. The largest absolute Gasteiger partial charge is 0.494 e. The highest BCUT2D eigenvalue weighted by Gasteiger charge is 2.50. The van der Waals surface area contributed by atoms with Gasteiger partial charge >= 0.3 is 0 Å². The summed E-state index contributed by atoms with van der Waals surface area (Å²) < 4.78 is 41.4. The van der Waals surface area contributed by atoms with E-state index in [1.54, 1.807) is 25.1 Å². The summed E-state index contributed by atoms with van der Waals surface area (Å²) in [5.41, 5.74) is 4.74. The summed E-state index contributed by atoms with van der Waals surface area (Å²) in [4.78, 5) is 30.7. The SMILES string of the molecule is COc1cc(C(=O)NCC(O)(c2cc3c(c(-c4ccc(F)c(F)c4)n2)OC[C@]3(C)C(N)=O)C2CC2)cc2cn(C3CC3)nc12. The molecule has 2 aromatic carbocycles. The first-order valence-electron chi connectivity index (χ1n) is 14.5. The van der Waals surface area contributed by atoms with Gasteiger partial charge in [0.15, 0.2) is 11.6 Å². The van der Waals surface area contributed by atoms with Crippen LogP contribution in [0.2, 0.25) is 0 Å². The van der Waals surface area contributed by atoms with Gasteiger partial charge in [0.05, 0.1) is 25.4 Å². The number of methoxy groups -OCH3 is 1. The van der Waals surface area contributed by atoms with Gasteiger partial charge in [-0.05, 0) is 74.9 Å². The smallest absolute Gasteiger partial charge is 0.251 e. The molecular formula is C32H31F2N5O5. The standard InChI is InChI=1S/C32H31F2N5O5/c1-31(30(35)41)15-44-28-21(31)12-25(37-27(28)16-3-8-22(33)23(34)10-16)32(42,19-4-5-19)14-36-29(40)17-9-18-13-39(20-6-7-20)38-26(18)24(11-17)43-2/h3,8-13,19-20,42H,4-7,14-15H2,1-2H3,(H2,35,41)(H,36,40)/t31-,32?/m0/s1. The van der Waals surface area contributed by atoms with Crippen LogP contribution in [0.1, 0.15) is 60.3 Å². The number of carbonyl (C=O) groups is 2. The van der Waals surface area contributed by atoms with Crippen molar-refractivity contribution in [2.24, 2.45) is 11.7 Å². The second-order valence-electron chi connectivity index (χ2n) is 12.2. The van der Waals surface area contributed by atoms with Crippen LogP contribution in [-0.2, 0) is 15.8 Å². The number of aliphatic hydroxyl groups is 1. The lowest BCUT2D eigenvalue weighted by atomic mass is 9.81. The number of carbonyl (C=O) groups excluding carboxylic acids is 2. The van der Waals surface area contributed by atoms with Crippen molar-refractivity contribution >= 4 is 22.7 Å². The van der Waals surface area contributed by atoms with Crippen LogP contribution in [0.5, 0.6) is 11.5 Å². The third kappa shape index (κ3) is 4.55. The molecule has 2 aromatic heterocycles. The van der Waals surface area contributed by atoms with E-state index in [-0.39, 0.29) is 41.8 Å². The summed E-state index contributed by atoms with van der Waals surface area (Å²) >= 11 is 0. The zero-order valence-corrected chi connectivity index (χ0v) is 24.2. The summed E-state index contributed by atoms with van der Waals surface area (Å²) in [5, 5.41) is 20.4. The first-order chi connectivity index (χ1) is 21.0. The fraction of sp³-hybridized carbons (Fsp3) is 0.375. The molecule has 4 N–H and O–H groups in total. The molecule has 2 amide bonds. The minimum absolute atomic E-state index is 0.0836. The van der Waals surface area contributed by atoms with Gasteiger partial charge in [-0.3, -0.25) is 14.3 Å². The Bertz CT molecular complexity index is 1850. The van der Waals surface area contributed by atoms with E-state index in [4.69, 9.17) is 15.2 Å².